The lowest BCUT2D eigenvalue weighted by atomic mass is 10.1. The molecule has 0 unspecified atom stereocenters. The summed E-state index contributed by atoms with van der Waals surface area (Å²) >= 11 is 0. The van der Waals surface area contributed by atoms with Gasteiger partial charge >= 0.3 is 0 Å². The second-order valence-electron chi connectivity index (χ2n) is 7.87. The van der Waals surface area contributed by atoms with Crippen LogP contribution in [-0.2, 0) is 4.79 Å². The Kier molecular flexibility index (Phi) is 8.80. The van der Waals surface area contributed by atoms with Crippen molar-refractivity contribution in [3.05, 3.63) is 90.0 Å². The van der Waals surface area contributed by atoms with Gasteiger partial charge in [-0.3, -0.25) is 14.4 Å². The van der Waals surface area contributed by atoms with Crippen molar-refractivity contribution in [2.75, 3.05) is 35.7 Å². The molecule has 0 bridgehead atoms. The molecular weight excluding hydrogens is 428 g/mol. The predicted octanol–water partition coefficient (Wildman–Crippen LogP) is 4.54. The molecule has 0 saturated heterocycles. The molecule has 0 aliphatic rings. The Balaban J connectivity index is 1.56. The lowest BCUT2D eigenvalue weighted by Gasteiger charge is -2.18. The van der Waals surface area contributed by atoms with E-state index in [4.69, 9.17) is 0 Å². The van der Waals surface area contributed by atoms with Crippen LogP contribution in [0, 0.1) is 0 Å². The Morgan fingerprint density at radius 3 is 2.24 bits per heavy atom. The van der Waals surface area contributed by atoms with Crippen molar-refractivity contribution >= 4 is 34.8 Å². The average Bonchev–Trinajstić information content (AvgIpc) is 2.87. The topological polar surface area (TPSA) is 90.5 Å². The molecule has 3 rings (SSSR count). The number of carbonyl (C=O) groups is 3. The van der Waals surface area contributed by atoms with Crippen LogP contribution in [0.25, 0.3) is 0 Å². The minimum Gasteiger partial charge on any atom is -0.376 e. The lowest BCUT2D eigenvalue weighted by molar-refractivity contribution is -0.114. The molecule has 0 heterocycles. The van der Waals surface area contributed by atoms with Crippen LogP contribution < -0.4 is 20.9 Å². The van der Waals surface area contributed by atoms with Crippen molar-refractivity contribution in [1.82, 2.24) is 5.32 Å². The van der Waals surface area contributed by atoms with Crippen LogP contribution in [0.2, 0.25) is 0 Å². The zero-order valence-corrected chi connectivity index (χ0v) is 19.5. The molecule has 0 spiro atoms. The van der Waals surface area contributed by atoms with E-state index < -0.39 is 0 Å². The summed E-state index contributed by atoms with van der Waals surface area (Å²) in [5.41, 5.74) is 3.01. The number of nitrogens with zero attached hydrogens (tertiary/aromatic N) is 1. The van der Waals surface area contributed by atoms with Gasteiger partial charge in [0.2, 0.25) is 5.91 Å². The van der Waals surface area contributed by atoms with Gasteiger partial charge in [-0.25, -0.2) is 0 Å². The third kappa shape index (κ3) is 6.93. The summed E-state index contributed by atoms with van der Waals surface area (Å²) in [5.74, 6) is -0.570. The number of amides is 3. The highest BCUT2D eigenvalue weighted by Gasteiger charge is 2.14. The molecule has 176 valence electrons. The van der Waals surface area contributed by atoms with Crippen molar-refractivity contribution in [2.24, 2.45) is 0 Å². The van der Waals surface area contributed by atoms with Crippen LogP contribution in [0.3, 0.4) is 0 Å². The molecule has 0 fully saturated rings. The summed E-state index contributed by atoms with van der Waals surface area (Å²) in [6, 6.07) is 23.3. The first-order valence-corrected chi connectivity index (χ1v) is 11.3. The fraction of sp³-hybridized carbons (Fsp3) is 0.222. The second-order valence-corrected chi connectivity index (χ2v) is 7.87. The van der Waals surface area contributed by atoms with Crippen molar-refractivity contribution in [1.29, 1.82) is 0 Å². The molecular formula is C27H30N4O3. The number of unbranched alkanes of at least 4 members (excludes halogenated alkanes) is 1. The number of hydrogen-bond donors (Lipinski definition) is 3. The number of hydrogen-bond acceptors (Lipinski definition) is 4. The maximum Gasteiger partial charge on any atom is 0.258 e. The molecule has 0 saturated carbocycles. The van der Waals surface area contributed by atoms with E-state index in [2.05, 4.69) is 22.9 Å². The van der Waals surface area contributed by atoms with Gasteiger partial charge in [0, 0.05) is 41.8 Å². The average molecular weight is 459 g/mol. The molecule has 34 heavy (non-hydrogen) atoms. The van der Waals surface area contributed by atoms with Crippen LogP contribution in [-0.4, -0.2) is 37.9 Å². The van der Waals surface area contributed by atoms with Crippen LogP contribution in [0.4, 0.5) is 17.1 Å². The molecule has 0 atom stereocenters. The standard InChI is InChI=1S/C27H30N4O3/c1-3-4-16-28-26(33)20-10-8-13-23(17-20)30-25(32)19-29-22-12-9-11-21(18-22)27(34)31(2)24-14-6-5-7-15-24/h5-15,17-18,29H,3-4,16,19H2,1-2H3,(H,28,33)(H,30,32). The summed E-state index contributed by atoms with van der Waals surface area (Å²) < 4.78 is 0. The fourth-order valence-electron chi connectivity index (χ4n) is 3.33. The lowest BCUT2D eigenvalue weighted by Crippen LogP contribution is -2.26. The highest BCUT2D eigenvalue weighted by atomic mass is 16.2. The van der Waals surface area contributed by atoms with E-state index in [1.807, 2.05) is 30.3 Å². The van der Waals surface area contributed by atoms with Gasteiger partial charge < -0.3 is 20.9 Å². The van der Waals surface area contributed by atoms with E-state index in [1.165, 1.54) is 0 Å². The fourth-order valence-corrected chi connectivity index (χ4v) is 3.33. The molecule has 0 aliphatic heterocycles. The first-order valence-electron chi connectivity index (χ1n) is 11.3. The third-order valence-corrected chi connectivity index (χ3v) is 5.24. The van der Waals surface area contributed by atoms with Gasteiger partial charge in [0.05, 0.1) is 6.54 Å². The highest BCUT2D eigenvalue weighted by Crippen LogP contribution is 2.17. The molecule has 3 aromatic rings. The number of anilines is 3. The molecule has 3 amide bonds. The summed E-state index contributed by atoms with van der Waals surface area (Å²) in [4.78, 5) is 39.1. The maximum atomic E-state index is 12.8. The quantitative estimate of drug-likeness (QED) is 0.389. The largest absolute Gasteiger partial charge is 0.376 e. The Bertz CT molecular complexity index is 1130. The van der Waals surface area contributed by atoms with Crippen molar-refractivity contribution in [3.63, 3.8) is 0 Å². The number of carbonyl (C=O) groups excluding carboxylic acids is 3. The van der Waals surface area contributed by atoms with Gasteiger partial charge in [-0.15, -0.1) is 0 Å². The molecule has 7 nitrogen and oxygen atoms in total. The van der Waals surface area contributed by atoms with E-state index in [0.717, 1.165) is 18.5 Å². The molecule has 0 aliphatic carbocycles. The number of para-hydroxylation sites is 1. The highest BCUT2D eigenvalue weighted by molar-refractivity contribution is 6.06. The SMILES string of the molecule is CCCCNC(=O)c1cccc(NC(=O)CNc2cccc(C(=O)N(C)c3ccccc3)c2)c1. The Morgan fingerprint density at radius 2 is 1.50 bits per heavy atom. The summed E-state index contributed by atoms with van der Waals surface area (Å²) in [5, 5.41) is 8.71. The van der Waals surface area contributed by atoms with Gasteiger partial charge in [0.15, 0.2) is 0 Å². The second kappa shape index (κ2) is 12.2. The maximum absolute atomic E-state index is 12.8. The summed E-state index contributed by atoms with van der Waals surface area (Å²) in [6.45, 7) is 2.70. The van der Waals surface area contributed by atoms with E-state index in [1.54, 1.807) is 60.5 Å². The predicted molar refractivity (Wildman–Crippen MR) is 136 cm³/mol. The smallest absolute Gasteiger partial charge is 0.258 e. The number of nitrogens with one attached hydrogen (secondary N) is 3. The Morgan fingerprint density at radius 1 is 0.824 bits per heavy atom. The Hall–Kier alpha value is -4.13. The monoisotopic (exact) mass is 458 g/mol. The third-order valence-electron chi connectivity index (χ3n) is 5.24. The van der Waals surface area contributed by atoms with Crippen molar-refractivity contribution in [2.45, 2.75) is 19.8 Å². The minimum absolute atomic E-state index is 0.0130. The normalized spacial score (nSPS) is 10.3. The molecule has 3 aromatic carbocycles. The van der Waals surface area contributed by atoms with Crippen LogP contribution in [0.15, 0.2) is 78.9 Å². The zero-order valence-electron chi connectivity index (χ0n) is 19.5. The van der Waals surface area contributed by atoms with Gasteiger partial charge in [0.25, 0.3) is 11.8 Å². The Labute approximate surface area is 200 Å². The van der Waals surface area contributed by atoms with Crippen molar-refractivity contribution in [3.8, 4) is 0 Å². The van der Waals surface area contributed by atoms with Crippen LogP contribution >= 0.6 is 0 Å². The zero-order chi connectivity index (χ0) is 24.3. The van der Waals surface area contributed by atoms with Crippen LogP contribution in [0.5, 0.6) is 0 Å². The molecule has 3 N–H and O–H groups in total. The number of rotatable bonds is 10. The first-order chi connectivity index (χ1) is 16.5. The van der Waals surface area contributed by atoms with Crippen molar-refractivity contribution < 1.29 is 14.4 Å². The molecule has 7 heteroatoms. The minimum atomic E-state index is -0.262. The summed E-state index contributed by atoms with van der Waals surface area (Å²) in [7, 11) is 1.73. The molecule has 0 aromatic heterocycles. The van der Waals surface area contributed by atoms with Gasteiger partial charge in [0.1, 0.15) is 0 Å². The van der Waals surface area contributed by atoms with E-state index >= 15 is 0 Å². The first kappa shape index (κ1) is 24.5. The van der Waals surface area contributed by atoms with Gasteiger partial charge in [-0.05, 0) is 55.0 Å². The van der Waals surface area contributed by atoms with E-state index in [-0.39, 0.29) is 24.3 Å². The van der Waals surface area contributed by atoms with E-state index in [9.17, 15) is 14.4 Å². The number of benzene rings is 3. The van der Waals surface area contributed by atoms with Crippen LogP contribution in [0.1, 0.15) is 40.5 Å². The van der Waals surface area contributed by atoms with Gasteiger partial charge in [-0.2, -0.15) is 0 Å². The summed E-state index contributed by atoms with van der Waals surface area (Å²) in [6.07, 6.45) is 1.92. The van der Waals surface area contributed by atoms with Gasteiger partial charge in [-0.1, -0.05) is 43.7 Å². The molecule has 0 radical (unpaired) electrons. The van der Waals surface area contributed by atoms with E-state index in [0.29, 0.717) is 29.0 Å².